The number of aliphatic hydroxyl groups excluding tert-OH is 2. The molecule has 3 nitrogen and oxygen atoms in total. The minimum absolute atomic E-state index is 0.278. The molecule has 0 fully saturated rings. The zero-order valence-electron chi connectivity index (χ0n) is 3.16. The Morgan fingerprint density at radius 1 is 1.83 bits per heavy atom. The summed E-state index contributed by atoms with van der Waals surface area (Å²) in [6, 6.07) is 0. The summed E-state index contributed by atoms with van der Waals surface area (Å²) in [6.07, 6.45) is -0.912. The second-order valence-corrected chi connectivity index (χ2v) is 0.886. The van der Waals surface area contributed by atoms with E-state index in [1.165, 1.54) is 0 Å². The molecule has 0 aliphatic carbocycles. The summed E-state index contributed by atoms with van der Waals surface area (Å²) in [4.78, 5) is 9.33. The van der Waals surface area contributed by atoms with E-state index >= 15 is 0 Å². The van der Waals surface area contributed by atoms with Crippen LogP contribution in [0.25, 0.3) is 0 Å². The molecule has 0 aromatic heterocycles. The Hall–Kier alpha value is -0.410. The van der Waals surface area contributed by atoms with E-state index in [9.17, 15) is 4.79 Å². The smallest absolute Gasteiger partial charge is 0.150 e. The maximum absolute atomic E-state index is 9.33. The highest BCUT2D eigenvalue weighted by molar-refractivity contribution is 5.55. The number of aldehydes is 1. The molecule has 0 spiro atoms. The van der Waals surface area contributed by atoms with E-state index < -0.39 is 12.7 Å². The maximum atomic E-state index is 9.33. The Morgan fingerprint density at radius 3 is 2.33 bits per heavy atom. The summed E-state index contributed by atoms with van der Waals surface area (Å²) < 4.78 is 0. The SMILES string of the molecule is O=C[C@H](O)[13CH2]O. The second-order valence-electron chi connectivity index (χ2n) is 0.886. The number of hydrogen-bond donors (Lipinski definition) is 2. The first-order valence-electron chi connectivity index (χ1n) is 1.55. The van der Waals surface area contributed by atoms with Crippen molar-refractivity contribution in [3.05, 3.63) is 0 Å². The van der Waals surface area contributed by atoms with Gasteiger partial charge in [-0.05, 0) is 0 Å². The van der Waals surface area contributed by atoms with Crippen molar-refractivity contribution in [3.63, 3.8) is 0 Å². The minimum atomic E-state index is -1.19. The van der Waals surface area contributed by atoms with E-state index in [-0.39, 0.29) is 6.29 Å². The first-order valence-corrected chi connectivity index (χ1v) is 1.55. The molecule has 0 aromatic carbocycles. The lowest BCUT2D eigenvalue weighted by Crippen LogP contribution is -2.12. The number of hydrogen-bond acceptors (Lipinski definition) is 3. The molecule has 0 saturated carbocycles. The Balaban J connectivity index is 2.96. The van der Waals surface area contributed by atoms with Crippen LogP contribution in [0.1, 0.15) is 0 Å². The third-order valence-corrected chi connectivity index (χ3v) is 0.344. The lowest BCUT2D eigenvalue weighted by molar-refractivity contribution is -0.116. The van der Waals surface area contributed by atoms with Gasteiger partial charge in [0.25, 0.3) is 0 Å². The molecule has 0 rings (SSSR count). The van der Waals surface area contributed by atoms with Gasteiger partial charge in [0, 0.05) is 0 Å². The minimum Gasteiger partial charge on any atom is -0.393 e. The van der Waals surface area contributed by atoms with Crippen LogP contribution in [0.3, 0.4) is 0 Å². The standard InChI is InChI=1S/C3H6O3/c4-1-3(6)2-5/h1,3,5-6H,2H2/t3-/m0/s1/i2+1. The van der Waals surface area contributed by atoms with Crippen LogP contribution in [0.5, 0.6) is 0 Å². The molecule has 0 bridgehead atoms. The van der Waals surface area contributed by atoms with Crippen LogP contribution >= 0.6 is 0 Å². The highest BCUT2D eigenvalue weighted by Gasteiger charge is 1.92. The van der Waals surface area contributed by atoms with Crippen molar-refractivity contribution in [2.75, 3.05) is 6.61 Å². The molecule has 1 atom stereocenters. The third-order valence-electron chi connectivity index (χ3n) is 0.344. The van der Waals surface area contributed by atoms with Gasteiger partial charge in [-0.1, -0.05) is 0 Å². The van der Waals surface area contributed by atoms with Crippen molar-refractivity contribution in [2.45, 2.75) is 6.10 Å². The van der Waals surface area contributed by atoms with Gasteiger partial charge in [-0.2, -0.15) is 0 Å². The molecule has 6 heavy (non-hydrogen) atoms. The van der Waals surface area contributed by atoms with Crippen LogP contribution in [0, 0.1) is 0 Å². The van der Waals surface area contributed by atoms with Crippen molar-refractivity contribution in [1.29, 1.82) is 0 Å². The monoisotopic (exact) mass is 91.0 g/mol. The van der Waals surface area contributed by atoms with E-state index in [1.54, 1.807) is 0 Å². The van der Waals surface area contributed by atoms with Gasteiger partial charge in [0.15, 0.2) is 6.29 Å². The van der Waals surface area contributed by atoms with Crippen LogP contribution in [0.4, 0.5) is 0 Å². The fraction of sp³-hybridized carbons (Fsp3) is 0.667. The topological polar surface area (TPSA) is 57.5 Å². The molecule has 2 N–H and O–H groups in total. The zero-order valence-corrected chi connectivity index (χ0v) is 3.16. The Bertz CT molecular complexity index is 43.3. The van der Waals surface area contributed by atoms with Gasteiger partial charge in [-0.15, -0.1) is 0 Å². The van der Waals surface area contributed by atoms with Crippen LogP contribution < -0.4 is 0 Å². The summed E-state index contributed by atoms with van der Waals surface area (Å²) in [5, 5.41) is 15.9. The first-order chi connectivity index (χ1) is 2.81. The number of rotatable bonds is 2. The molecular formula is C3H6O3. The lowest BCUT2D eigenvalue weighted by atomic mass is 10.6. The van der Waals surface area contributed by atoms with Gasteiger partial charge < -0.3 is 15.0 Å². The molecule has 36 valence electrons. The molecular weight excluding hydrogens is 85.0 g/mol. The molecule has 0 aliphatic heterocycles. The molecule has 0 amide bonds. The average Bonchev–Trinajstić information content (AvgIpc) is 1.65. The largest absolute Gasteiger partial charge is 0.393 e. The third kappa shape index (κ3) is 1.87. The predicted octanol–water partition coefficient (Wildman–Crippen LogP) is -1.46. The first kappa shape index (κ1) is 5.59. The lowest BCUT2D eigenvalue weighted by Gasteiger charge is -1.89. The molecule has 3 heteroatoms. The zero-order chi connectivity index (χ0) is 4.99. The van der Waals surface area contributed by atoms with Gasteiger partial charge in [0.1, 0.15) is 6.10 Å². The van der Waals surface area contributed by atoms with Gasteiger partial charge in [0.2, 0.25) is 0 Å². The second kappa shape index (κ2) is 2.81. The summed E-state index contributed by atoms with van der Waals surface area (Å²) in [5.41, 5.74) is 0. The molecule has 0 saturated heterocycles. The summed E-state index contributed by atoms with van der Waals surface area (Å²) in [6.45, 7) is -0.483. The molecule has 0 heterocycles. The Morgan fingerprint density at radius 2 is 2.33 bits per heavy atom. The van der Waals surface area contributed by atoms with Crippen LogP contribution in [-0.2, 0) is 4.79 Å². The number of carbonyl (C=O) groups excluding carboxylic acids is 1. The van der Waals surface area contributed by atoms with Crippen molar-refractivity contribution in [3.8, 4) is 0 Å². The maximum Gasteiger partial charge on any atom is 0.150 e. The Labute approximate surface area is 35.2 Å². The molecule has 0 radical (unpaired) electrons. The van der Waals surface area contributed by atoms with E-state index in [1.807, 2.05) is 0 Å². The number of aliphatic hydroxyl groups is 2. The average molecular weight is 91.1 g/mol. The van der Waals surface area contributed by atoms with Crippen molar-refractivity contribution >= 4 is 6.29 Å². The van der Waals surface area contributed by atoms with Crippen molar-refractivity contribution in [1.82, 2.24) is 0 Å². The summed E-state index contributed by atoms with van der Waals surface area (Å²) in [5.74, 6) is 0. The van der Waals surface area contributed by atoms with Crippen molar-refractivity contribution in [2.24, 2.45) is 0 Å². The van der Waals surface area contributed by atoms with E-state index in [4.69, 9.17) is 10.2 Å². The molecule has 0 aromatic rings. The Kier molecular flexibility index (Phi) is 2.62. The fourth-order valence-corrected chi connectivity index (χ4v) is 0.0430. The van der Waals surface area contributed by atoms with Gasteiger partial charge in [0.05, 0.1) is 6.61 Å². The van der Waals surface area contributed by atoms with Crippen LogP contribution in [-0.4, -0.2) is 29.2 Å². The van der Waals surface area contributed by atoms with Gasteiger partial charge >= 0.3 is 0 Å². The summed E-state index contributed by atoms with van der Waals surface area (Å²) >= 11 is 0. The van der Waals surface area contributed by atoms with E-state index in [2.05, 4.69) is 0 Å². The van der Waals surface area contributed by atoms with Crippen molar-refractivity contribution < 1.29 is 15.0 Å². The van der Waals surface area contributed by atoms with E-state index in [0.717, 1.165) is 0 Å². The van der Waals surface area contributed by atoms with Gasteiger partial charge in [-0.25, -0.2) is 0 Å². The van der Waals surface area contributed by atoms with E-state index in [0.29, 0.717) is 0 Å². The van der Waals surface area contributed by atoms with Crippen LogP contribution in [0.15, 0.2) is 0 Å². The summed E-state index contributed by atoms with van der Waals surface area (Å²) in [7, 11) is 0. The highest BCUT2D eigenvalue weighted by Crippen LogP contribution is 1.66. The highest BCUT2D eigenvalue weighted by atomic mass is 16.4. The quantitative estimate of drug-likeness (QED) is 0.322. The molecule has 0 aliphatic rings. The van der Waals surface area contributed by atoms with Crippen LogP contribution in [0.2, 0.25) is 0 Å². The predicted molar refractivity (Wildman–Crippen MR) is 19.2 cm³/mol. The fourth-order valence-electron chi connectivity index (χ4n) is 0.0430. The number of carbonyl (C=O) groups is 1. The van der Waals surface area contributed by atoms with Gasteiger partial charge in [-0.3, -0.25) is 0 Å². The molecule has 0 unspecified atom stereocenters. The normalized spacial score (nSPS) is 13.7.